The maximum atomic E-state index is 12.6. The van der Waals surface area contributed by atoms with Crippen LogP contribution in [0.2, 0.25) is 0 Å². The van der Waals surface area contributed by atoms with Crippen LogP contribution in [0.4, 0.5) is 4.39 Å². The van der Waals surface area contributed by atoms with Crippen LogP contribution < -0.4 is 5.73 Å². The quantitative estimate of drug-likeness (QED) is 0.721. The fraction of sp³-hybridized carbons (Fsp3) is 0.364. The number of nitrogens with two attached hydrogens (primary N) is 1. The Kier molecular flexibility index (Phi) is 3.49. The molecule has 88 valence electrons. The van der Waals surface area contributed by atoms with Crippen molar-refractivity contribution in [2.75, 3.05) is 0 Å². The Bertz CT molecular complexity index is 404. The fourth-order valence-corrected chi connectivity index (χ4v) is 1.38. The van der Waals surface area contributed by atoms with Gasteiger partial charge < -0.3 is 15.9 Å². The molecule has 1 unspecified atom stereocenters. The number of phenols is 1. The van der Waals surface area contributed by atoms with Gasteiger partial charge in [-0.2, -0.15) is 0 Å². The van der Waals surface area contributed by atoms with E-state index in [0.717, 1.165) is 0 Å². The number of halogens is 1. The molecule has 0 aliphatic heterocycles. The first-order chi connectivity index (χ1) is 7.36. The normalized spacial score (nSPS) is 14.4. The zero-order valence-electron chi connectivity index (χ0n) is 8.90. The highest BCUT2D eigenvalue weighted by Crippen LogP contribution is 2.21. The molecule has 0 aliphatic rings. The molecule has 0 spiro atoms. The molecule has 0 saturated heterocycles. The van der Waals surface area contributed by atoms with E-state index >= 15 is 0 Å². The van der Waals surface area contributed by atoms with Gasteiger partial charge in [-0.05, 0) is 30.2 Å². The molecule has 0 fully saturated rings. The van der Waals surface area contributed by atoms with Crippen molar-refractivity contribution < 1.29 is 19.4 Å². The van der Waals surface area contributed by atoms with Gasteiger partial charge in [-0.15, -0.1) is 0 Å². The van der Waals surface area contributed by atoms with Gasteiger partial charge in [-0.25, -0.2) is 4.39 Å². The molecular formula is C11H14FNO3. The first-order valence-electron chi connectivity index (χ1n) is 4.76. The Labute approximate surface area is 92.5 Å². The van der Waals surface area contributed by atoms with E-state index in [9.17, 15) is 9.18 Å². The summed E-state index contributed by atoms with van der Waals surface area (Å²) in [5.74, 6) is -1.20. The second kappa shape index (κ2) is 4.49. The van der Waals surface area contributed by atoms with Crippen molar-refractivity contribution >= 4 is 5.97 Å². The number of rotatable bonds is 4. The van der Waals surface area contributed by atoms with Gasteiger partial charge in [0.1, 0.15) is 18.0 Å². The van der Waals surface area contributed by atoms with Gasteiger partial charge in [-0.3, -0.25) is 4.79 Å². The van der Waals surface area contributed by atoms with Gasteiger partial charge in [0.05, 0.1) is 0 Å². The monoisotopic (exact) mass is 227 g/mol. The second-order valence-electron chi connectivity index (χ2n) is 3.99. The molecule has 0 amide bonds. The van der Waals surface area contributed by atoms with E-state index in [4.69, 9.17) is 15.9 Å². The largest absolute Gasteiger partial charge is 0.508 e. The van der Waals surface area contributed by atoms with Crippen LogP contribution in [0.15, 0.2) is 18.2 Å². The summed E-state index contributed by atoms with van der Waals surface area (Å²) in [6.07, 6.45) is 0.0157. The zero-order valence-corrected chi connectivity index (χ0v) is 8.90. The minimum Gasteiger partial charge on any atom is -0.508 e. The molecule has 0 radical (unpaired) electrons. The molecule has 5 heteroatoms. The summed E-state index contributed by atoms with van der Waals surface area (Å²) in [6, 6.07) is 4.14. The lowest BCUT2D eigenvalue weighted by atomic mass is 9.91. The highest BCUT2D eigenvalue weighted by atomic mass is 19.1. The molecule has 0 bridgehead atoms. The van der Waals surface area contributed by atoms with Crippen LogP contribution in [-0.2, 0) is 17.9 Å². The maximum Gasteiger partial charge on any atom is 0.323 e. The van der Waals surface area contributed by atoms with Gasteiger partial charge in [0.2, 0.25) is 0 Å². The van der Waals surface area contributed by atoms with Gasteiger partial charge in [0.25, 0.3) is 0 Å². The number of aromatic hydroxyl groups is 1. The van der Waals surface area contributed by atoms with Crippen molar-refractivity contribution in [3.8, 4) is 5.75 Å². The van der Waals surface area contributed by atoms with Crippen molar-refractivity contribution in [2.45, 2.75) is 25.6 Å². The highest BCUT2D eigenvalue weighted by Gasteiger charge is 2.29. The Balaban J connectivity index is 3.01. The van der Waals surface area contributed by atoms with E-state index in [0.29, 0.717) is 5.56 Å². The van der Waals surface area contributed by atoms with Gasteiger partial charge in [0, 0.05) is 6.42 Å². The summed E-state index contributed by atoms with van der Waals surface area (Å²) in [6.45, 7) is 0.601. The maximum absolute atomic E-state index is 12.6. The Hall–Kier alpha value is -1.62. The lowest BCUT2D eigenvalue weighted by Crippen LogP contribution is -2.47. The average Bonchev–Trinajstić information content (AvgIpc) is 2.20. The van der Waals surface area contributed by atoms with Crippen molar-refractivity contribution in [3.05, 3.63) is 29.3 Å². The summed E-state index contributed by atoms with van der Waals surface area (Å²) in [7, 11) is 0. The molecule has 4 N–H and O–H groups in total. The van der Waals surface area contributed by atoms with Gasteiger partial charge in [-0.1, -0.05) is 6.07 Å². The number of phenolic OH excluding ortho intramolecular Hbond substituents is 1. The number of carbonyl (C=O) groups is 1. The number of carboxylic acid groups (broad SMARTS) is 1. The molecule has 1 rings (SSSR count). The van der Waals surface area contributed by atoms with E-state index in [-0.39, 0.29) is 17.7 Å². The Morgan fingerprint density at radius 1 is 1.50 bits per heavy atom. The van der Waals surface area contributed by atoms with E-state index in [1.807, 2.05) is 0 Å². The van der Waals surface area contributed by atoms with Crippen molar-refractivity contribution in [2.24, 2.45) is 5.73 Å². The van der Waals surface area contributed by atoms with Crippen LogP contribution >= 0.6 is 0 Å². The van der Waals surface area contributed by atoms with Crippen molar-refractivity contribution in [3.63, 3.8) is 0 Å². The number of aliphatic carboxylic acids is 1. The first kappa shape index (κ1) is 12.4. The van der Waals surface area contributed by atoms with Crippen LogP contribution in [0.3, 0.4) is 0 Å². The predicted octanol–water partition coefficient (Wildman–Crippen LogP) is 1.21. The number of benzene rings is 1. The summed E-state index contributed by atoms with van der Waals surface area (Å²) in [4.78, 5) is 10.8. The minimum absolute atomic E-state index is 0.0157. The number of carboxylic acids is 1. The van der Waals surface area contributed by atoms with E-state index in [2.05, 4.69) is 0 Å². The number of hydrogen-bond acceptors (Lipinski definition) is 3. The van der Waals surface area contributed by atoms with Crippen LogP contribution in [0.25, 0.3) is 0 Å². The number of hydrogen-bond donors (Lipinski definition) is 3. The molecular weight excluding hydrogens is 213 g/mol. The van der Waals surface area contributed by atoms with Crippen LogP contribution in [0.1, 0.15) is 18.1 Å². The zero-order chi connectivity index (χ0) is 12.3. The molecule has 0 saturated carbocycles. The minimum atomic E-state index is -1.44. The van der Waals surface area contributed by atoms with E-state index in [1.165, 1.54) is 25.1 Å². The van der Waals surface area contributed by atoms with Crippen LogP contribution in [0, 0.1) is 0 Å². The molecule has 4 nitrogen and oxygen atoms in total. The second-order valence-corrected chi connectivity index (χ2v) is 3.99. The average molecular weight is 227 g/mol. The van der Waals surface area contributed by atoms with E-state index < -0.39 is 18.2 Å². The SMILES string of the molecule is CC(N)(Cc1ccc(O)cc1CF)C(=O)O. The third kappa shape index (κ3) is 2.70. The van der Waals surface area contributed by atoms with Crippen molar-refractivity contribution in [1.29, 1.82) is 0 Å². The first-order valence-corrected chi connectivity index (χ1v) is 4.76. The molecule has 1 aromatic carbocycles. The van der Waals surface area contributed by atoms with Crippen molar-refractivity contribution in [1.82, 2.24) is 0 Å². The lowest BCUT2D eigenvalue weighted by molar-refractivity contribution is -0.142. The topological polar surface area (TPSA) is 83.5 Å². The standard InChI is InChI=1S/C11H14FNO3/c1-11(13,10(15)16)5-7-2-3-9(14)4-8(7)6-12/h2-4,14H,5-6,13H2,1H3,(H,15,16). The van der Waals surface area contributed by atoms with Crippen LogP contribution in [-0.4, -0.2) is 21.7 Å². The van der Waals surface area contributed by atoms with Crippen LogP contribution in [0.5, 0.6) is 5.75 Å². The molecule has 0 aromatic heterocycles. The summed E-state index contributed by atoms with van der Waals surface area (Å²) >= 11 is 0. The third-order valence-electron chi connectivity index (χ3n) is 2.38. The third-order valence-corrected chi connectivity index (χ3v) is 2.38. The Morgan fingerprint density at radius 2 is 2.12 bits per heavy atom. The predicted molar refractivity (Wildman–Crippen MR) is 56.9 cm³/mol. The fourth-order valence-electron chi connectivity index (χ4n) is 1.38. The number of alkyl halides is 1. The summed E-state index contributed by atoms with van der Waals surface area (Å²) < 4.78 is 12.6. The molecule has 16 heavy (non-hydrogen) atoms. The smallest absolute Gasteiger partial charge is 0.323 e. The molecule has 1 atom stereocenters. The molecule has 0 heterocycles. The van der Waals surface area contributed by atoms with E-state index in [1.54, 1.807) is 0 Å². The highest BCUT2D eigenvalue weighted by molar-refractivity contribution is 5.78. The molecule has 1 aromatic rings. The lowest BCUT2D eigenvalue weighted by Gasteiger charge is -2.20. The summed E-state index contributed by atoms with van der Waals surface area (Å²) in [5.41, 5.74) is 4.88. The Morgan fingerprint density at radius 3 is 2.62 bits per heavy atom. The van der Waals surface area contributed by atoms with Gasteiger partial charge >= 0.3 is 5.97 Å². The summed E-state index contributed by atoms with van der Waals surface area (Å²) in [5, 5.41) is 18.0. The molecule has 0 aliphatic carbocycles. The van der Waals surface area contributed by atoms with Gasteiger partial charge in [0.15, 0.2) is 0 Å².